The molecule has 11 heteroatoms. The zero-order chi connectivity index (χ0) is 23.6. The number of unbranched alkanes of at least 4 members (excludes halogenated alkanes) is 3. The van der Waals surface area contributed by atoms with Crippen molar-refractivity contribution >= 4 is 29.3 Å². The summed E-state index contributed by atoms with van der Waals surface area (Å²) >= 11 is 4.40. The first-order valence-electron chi connectivity index (χ1n) is 10.7. The molecule has 1 aliphatic rings. The first-order chi connectivity index (χ1) is 15.4. The summed E-state index contributed by atoms with van der Waals surface area (Å²) in [4.78, 5) is 33.4. The normalized spacial score (nSPS) is 14.8. The van der Waals surface area contributed by atoms with Gasteiger partial charge in [0.2, 0.25) is 0 Å². The number of aliphatic carboxylic acids is 2. The van der Waals surface area contributed by atoms with Crippen LogP contribution in [0, 0.1) is 44.1 Å². The van der Waals surface area contributed by atoms with Gasteiger partial charge in [-0.15, -0.1) is 0 Å². The van der Waals surface area contributed by atoms with E-state index in [0.29, 0.717) is 50.7 Å². The molecular formula is C22H31N5O4SU-2. The van der Waals surface area contributed by atoms with Gasteiger partial charge in [0.1, 0.15) is 0 Å². The van der Waals surface area contributed by atoms with Crippen LogP contribution in [0.2, 0.25) is 0 Å². The topological polar surface area (TPSA) is 124 Å². The summed E-state index contributed by atoms with van der Waals surface area (Å²) in [5.74, 6) is -2.26. The van der Waals surface area contributed by atoms with E-state index in [0.717, 1.165) is 19.4 Å². The molecule has 1 aromatic heterocycles. The van der Waals surface area contributed by atoms with Gasteiger partial charge in [-0.05, 0) is 30.0 Å². The number of carbonyl (C=O) groups is 2. The molecule has 2 bridgehead atoms. The Balaban J connectivity index is 0.000000875. The van der Waals surface area contributed by atoms with Crippen LogP contribution in [-0.2, 0) is 22.7 Å². The molecule has 0 amide bonds. The van der Waals surface area contributed by atoms with Crippen LogP contribution in [0.1, 0.15) is 37.1 Å². The predicted octanol–water partition coefficient (Wildman–Crippen LogP) is -0.928. The third-order valence-electron chi connectivity index (χ3n) is 4.56. The first-order valence-corrected chi connectivity index (χ1v) is 11.1. The van der Waals surface area contributed by atoms with Gasteiger partial charge >= 0.3 is 31.1 Å². The number of nitrogens with zero attached hydrogens (tertiary/aromatic N) is 4. The number of thiocarbonyl (C=S) groups is 1. The van der Waals surface area contributed by atoms with Crippen LogP contribution in [0.3, 0.4) is 0 Å². The molecule has 9 nitrogen and oxygen atoms in total. The fourth-order valence-corrected chi connectivity index (χ4v) is 3.16. The van der Waals surface area contributed by atoms with E-state index in [1.54, 1.807) is 21.9 Å². The van der Waals surface area contributed by atoms with Gasteiger partial charge in [0.15, 0.2) is 0 Å². The molecule has 0 saturated heterocycles. The summed E-state index contributed by atoms with van der Waals surface area (Å²) in [6.07, 6.45) is 4.57. The Bertz CT molecular complexity index is 706. The third-order valence-corrected chi connectivity index (χ3v) is 4.69. The summed E-state index contributed by atoms with van der Waals surface area (Å²) in [5, 5.41) is 27.2. The van der Waals surface area contributed by atoms with Crippen LogP contribution in [0.15, 0.2) is 17.1 Å². The van der Waals surface area contributed by atoms with Crippen molar-refractivity contribution in [3.05, 3.63) is 36.5 Å². The second-order valence-corrected chi connectivity index (χ2v) is 7.51. The number of carboxylic acids is 2. The quantitative estimate of drug-likeness (QED) is 0.151. The monoisotopic (exact) mass is 699 g/mol. The van der Waals surface area contributed by atoms with Crippen LogP contribution < -0.4 is 15.5 Å². The summed E-state index contributed by atoms with van der Waals surface area (Å²) in [6, 6.07) is 6.48. The summed E-state index contributed by atoms with van der Waals surface area (Å²) in [7, 11) is 0. The number of rotatable bonds is 9. The Labute approximate surface area is 225 Å². The minimum atomic E-state index is -1.13. The molecular weight excluding hydrogens is 668 g/mol. The Hall–Kier alpha value is -1.18. The molecule has 2 heterocycles. The number of aromatic nitrogens is 1. The molecule has 0 aliphatic carbocycles. The molecule has 1 aliphatic heterocycles. The van der Waals surface area contributed by atoms with Crippen molar-refractivity contribution in [3.63, 3.8) is 0 Å². The zero-order valence-corrected chi connectivity index (χ0v) is 23.9. The van der Waals surface area contributed by atoms with E-state index in [1.807, 2.05) is 0 Å². The van der Waals surface area contributed by atoms with Crippen LogP contribution in [0.4, 0.5) is 0 Å². The molecule has 0 saturated carbocycles. The minimum absolute atomic E-state index is 0. The molecule has 0 radical (unpaired) electrons. The first kappa shape index (κ1) is 31.8. The smallest absolute Gasteiger partial charge is 0.549 e. The van der Waals surface area contributed by atoms with Crippen molar-refractivity contribution in [1.82, 2.24) is 20.1 Å². The number of carboxylic acid groups (broad SMARTS) is 2. The van der Waals surface area contributed by atoms with Crippen LogP contribution in [-0.4, -0.2) is 77.7 Å². The molecule has 0 aromatic carbocycles. The van der Waals surface area contributed by atoms with Crippen LogP contribution in [0.5, 0.6) is 0 Å². The van der Waals surface area contributed by atoms with Gasteiger partial charge in [-0.2, -0.15) is 12.5 Å². The van der Waals surface area contributed by atoms with Gasteiger partial charge < -0.3 is 32.0 Å². The van der Waals surface area contributed by atoms with Crippen LogP contribution in [0.25, 0.3) is 0 Å². The summed E-state index contributed by atoms with van der Waals surface area (Å²) in [6.45, 7) is 7.22. The van der Waals surface area contributed by atoms with Gasteiger partial charge in [-0.3, -0.25) is 14.8 Å². The molecule has 0 unspecified atom stereocenters. The number of fused-ring (bicyclic) bond motifs is 2. The second-order valence-electron chi connectivity index (χ2n) is 7.33. The van der Waals surface area contributed by atoms with Crippen molar-refractivity contribution in [3.8, 4) is 0 Å². The van der Waals surface area contributed by atoms with Gasteiger partial charge in [0, 0.05) is 58.9 Å². The van der Waals surface area contributed by atoms with E-state index in [2.05, 4.69) is 45.7 Å². The maximum Gasteiger partial charge on any atom is 2.00 e. The molecule has 0 fully saturated rings. The Morgan fingerprint density at radius 1 is 1.15 bits per heavy atom. The van der Waals surface area contributed by atoms with E-state index >= 15 is 0 Å². The summed E-state index contributed by atoms with van der Waals surface area (Å²) < 4.78 is 0. The maximum atomic E-state index is 10.8. The SMILES string of the molecule is O=C([O-])CN1CCNCCN(CC(=O)[O-])Cc2cc[c-]c(n2)C1.[CH2-]CCCCCN=C=S.[U+2]. The molecule has 0 spiro atoms. The van der Waals surface area contributed by atoms with Gasteiger partial charge in [0.25, 0.3) is 0 Å². The van der Waals surface area contributed by atoms with Gasteiger partial charge in [-0.25, -0.2) is 17.1 Å². The largest absolute Gasteiger partial charge is 2.00 e. The molecule has 1 aromatic rings. The van der Waals surface area contributed by atoms with Crippen molar-refractivity contribution in [2.75, 3.05) is 45.8 Å². The van der Waals surface area contributed by atoms with Gasteiger partial charge in [0.05, 0.1) is 17.1 Å². The molecule has 0 atom stereocenters. The van der Waals surface area contributed by atoms with E-state index in [4.69, 9.17) is 0 Å². The average Bonchev–Trinajstić information content (AvgIpc) is 2.72. The fraction of sp³-hybridized carbons (Fsp3) is 0.591. The fourth-order valence-electron chi connectivity index (χ4n) is 3.07. The van der Waals surface area contributed by atoms with Crippen molar-refractivity contribution in [2.45, 2.75) is 38.8 Å². The zero-order valence-electron chi connectivity index (χ0n) is 18.9. The number of hydrogen-bond donors (Lipinski definition) is 1. The maximum absolute atomic E-state index is 10.8. The second kappa shape index (κ2) is 20.2. The molecule has 180 valence electrons. The van der Waals surface area contributed by atoms with Crippen LogP contribution >= 0.6 is 12.2 Å². The van der Waals surface area contributed by atoms with Gasteiger partial charge in [-0.1, -0.05) is 12.8 Å². The predicted molar refractivity (Wildman–Crippen MR) is 120 cm³/mol. The number of carbonyl (C=O) groups excluding carboxylic acids is 2. The Kier molecular flexibility index (Phi) is 19.5. The number of nitrogens with one attached hydrogen (secondary N) is 1. The molecule has 33 heavy (non-hydrogen) atoms. The van der Waals surface area contributed by atoms with E-state index in [9.17, 15) is 19.8 Å². The minimum Gasteiger partial charge on any atom is -0.549 e. The van der Waals surface area contributed by atoms with Crippen molar-refractivity contribution < 1.29 is 50.9 Å². The average molecular weight is 700 g/mol. The number of hydrogen-bond acceptors (Lipinski definition) is 10. The third kappa shape index (κ3) is 17.0. The van der Waals surface area contributed by atoms with E-state index < -0.39 is 11.9 Å². The Morgan fingerprint density at radius 2 is 1.79 bits per heavy atom. The standard InChI is InChI=1S/C15H21N4O4.C7H12NS.U/c20-14(21)10-18-6-4-16-5-7-19(11-15(22)23)9-13-3-1-2-12(8-18)17-13;1-2-3-4-5-6-8-7-9;/h1-2,16H,4-11H2,(H,20,21)(H,22,23);1-6H2;/q2*-1;+2/p-2. The molecule has 1 N–H and O–H groups in total. The Morgan fingerprint density at radius 3 is 2.36 bits per heavy atom. The van der Waals surface area contributed by atoms with Crippen molar-refractivity contribution in [2.24, 2.45) is 4.99 Å². The van der Waals surface area contributed by atoms with Crippen molar-refractivity contribution in [1.29, 1.82) is 0 Å². The number of pyridine rings is 1. The summed E-state index contributed by atoms with van der Waals surface area (Å²) in [5.41, 5.74) is 1.34. The molecule has 2 rings (SSSR count). The van der Waals surface area contributed by atoms with E-state index in [-0.39, 0.29) is 44.2 Å². The number of aliphatic imine (C=N–C) groups is 1. The van der Waals surface area contributed by atoms with E-state index in [1.165, 1.54) is 12.8 Å². The number of isothiocyanates is 1.